The van der Waals surface area contributed by atoms with Crippen molar-refractivity contribution in [3.8, 4) is 5.88 Å². The van der Waals surface area contributed by atoms with Crippen molar-refractivity contribution in [2.75, 3.05) is 32.1 Å². The standard InChI is InChI=1S/C19H20N4O3/c1-22(2)17-10-20-11-18(21-17)25-14-7-8-23(12-14)19(24)16-9-13-5-3-4-6-15(13)26-16/h3-6,9-11,14H,7-8,12H2,1-2H3. The van der Waals surface area contributed by atoms with Gasteiger partial charge in [0.05, 0.1) is 18.9 Å². The molecule has 1 unspecified atom stereocenters. The molecule has 7 nitrogen and oxygen atoms in total. The van der Waals surface area contributed by atoms with E-state index >= 15 is 0 Å². The molecule has 0 saturated carbocycles. The maximum atomic E-state index is 12.7. The molecule has 1 aliphatic heterocycles. The molecule has 0 bridgehead atoms. The number of para-hydroxylation sites is 1. The van der Waals surface area contributed by atoms with Gasteiger partial charge in [-0.05, 0) is 12.1 Å². The smallest absolute Gasteiger partial charge is 0.289 e. The highest BCUT2D eigenvalue weighted by Crippen LogP contribution is 2.23. The third-order valence-corrected chi connectivity index (χ3v) is 4.41. The Kier molecular flexibility index (Phi) is 4.20. The van der Waals surface area contributed by atoms with Gasteiger partial charge in [-0.1, -0.05) is 18.2 Å². The average Bonchev–Trinajstić information content (AvgIpc) is 3.28. The number of carbonyl (C=O) groups is 1. The van der Waals surface area contributed by atoms with E-state index in [2.05, 4.69) is 9.97 Å². The summed E-state index contributed by atoms with van der Waals surface area (Å²) in [7, 11) is 3.80. The lowest BCUT2D eigenvalue weighted by atomic mass is 10.2. The lowest BCUT2D eigenvalue weighted by molar-refractivity contribution is 0.0742. The highest BCUT2D eigenvalue weighted by atomic mass is 16.5. The maximum Gasteiger partial charge on any atom is 0.289 e. The molecule has 4 rings (SSSR count). The summed E-state index contributed by atoms with van der Waals surface area (Å²) in [6.45, 7) is 1.13. The third-order valence-electron chi connectivity index (χ3n) is 4.41. The summed E-state index contributed by atoms with van der Waals surface area (Å²) < 4.78 is 11.6. The molecule has 1 aliphatic rings. The van der Waals surface area contributed by atoms with Gasteiger partial charge in [0.2, 0.25) is 5.88 Å². The van der Waals surface area contributed by atoms with Gasteiger partial charge in [-0.25, -0.2) is 0 Å². The SMILES string of the molecule is CN(C)c1cncc(OC2CCN(C(=O)c3cc4ccccc4o3)C2)n1. The fraction of sp³-hybridized carbons (Fsp3) is 0.316. The van der Waals surface area contributed by atoms with Crippen LogP contribution in [0.1, 0.15) is 17.0 Å². The fourth-order valence-corrected chi connectivity index (χ4v) is 3.03. The summed E-state index contributed by atoms with van der Waals surface area (Å²) in [6, 6.07) is 9.40. The molecule has 1 atom stereocenters. The molecule has 1 fully saturated rings. The molecule has 3 heterocycles. The minimum absolute atomic E-state index is 0.102. The van der Waals surface area contributed by atoms with Gasteiger partial charge in [0.25, 0.3) is 5.91 Å². The number of anilines is 1. The second-order valence-electron chi connectivity index (χ2n) is 6.54. The number of amides is 1. The number of hydrogen-bond donors (Lipinski definition) is 0. The Morgan fingerprint density at radius 1 is 1.31 bits per heavy atom. The highest BCUT2D eigenvalue weighted by Gasteiger charge is 2.30. The largest absolute Gasteiger partial charge is 0.471 e. The number of likely N-dealkylation sites (tertiary alicyclic amines) is 1. The van der Waals surface area contributed by atoms with Crippen LogP contribution in [0.3, 0.4) is 0 Å². The molecule has 0 aliphatic carbocycles. The summed E-state index contributed by atoms with van der Waals surface area (Å²) >= 11 is 0. The molecular formula is C19H20N4O3. The van der Waals surface area contributed by atoms with E-state index in [0.29, 0.717) is 24.7 Å². The summed E-state index contributed by atoms with van der Waals surface area (Å²) in [5.41, 5.74) is 0.721. The van der Waals surface area contributed by atoms with Crippen LogP contribution in [0.2, 0.25) is 0 Å². The summed E-state index contributed by atoms with van der Waals surface area (Å²) in [4.78, 5) is 24.9. The van der Waals surface area contributed by atoms with E-state index in [0.717, 1.165) is 23.2 Å². The third kappa shape index (κ3) is 3.20. The number of furan rings is 1. The van der Waals surface area contributed by atoms with Crippen molar-refractivity contribution in [1.82, 2.24) is 14.9 Å². The predicted molar refractivity (Wildman–Crippen MR) is 97.5 cm³/mol. The van der Waals surface area contributed by atoms with Gasteiger partial charge in [0.1, 0.15) is 11.7 Å². The highest BCUT2D eigenvalue weighted by molar-refractivity contribution is 5.96. The number of rotatable bonds is 4. The Bertz CT molecular complexity index is 904. The summed E-state index contributed by atoms with van der Waals surface area (Å²) in [5, 5.41) is 0.929. The zero-order valence-electron chi connectivity index (χ0n) is 14.8. The van der Waals surface area contributed by atoms with Crippen LogP contribution >= 0.6 is 0 Å². The van der Waals surface area contributed by atoms with Crippen LogP contribution in [0, 0.1) is 0 Å². The van der Waals surface area contributed by atoms with E-state index in [4.69, 9.17) is 9.15 Å². The zero-order chi connectivity index (χ0) is 18.1. The zero-order valence-corrected chi connectivity index (χ0v) is 14.8. The monoisotopic (exact) mass is 352 g/mol. The first-order valence-corrected chi connectivity index (χ1v) is 8.54. The molecular weight excluding hydrogens is 332 g/mol. The van der Waals surface area contributed by atoms with Crippen LogP contribution in [0.25, 0.3) is 11.0 Å². The Labute approximate surface area is 151 Å². The van der Waals surface area contributed by atoms with Gasteiger partial charge < -0.3 is 19.0 Å². The Balaban J connectivity index is 1.43. The maximum absolute atomic E-state index is 12.7. The number of nitrogens with zero attached hydrogens (tertiary/aromatic N) is 4. The Morgan fingerprint density at radius 2 is 2.15 bits per heavy atom. The van der Waals surface area contributed by atoms with E-state index < -0.39 is 0 Å². The average molecular weight is 352 g/mol. The van der Waals surface area contributed by atoms with Crippen molar-refractivity contribution in [2.45, 2.75) is 12.5 Å². The number of benzene rings is 1. The van der Waals surface area contributed by atoms with E-state index in [1.807, 2.05) is 43.3 Å². The number of ether oxygens (including phenoxy) is 1. The van der Waals surface area contributed by atoms with Crippen LogP contribution in [0.15, 0.2) is 47.1 Å². The lowest BCUT2D eigenvalue weighted by Crippen LogP contribution is -2.30. The van der Waals surface area contributed by atoms with Crippen LogP contribution in [-0.2, 0) is 0 Å². The van der Waals surface area contributed by atoms with Crippen LogP contribution in [0.4, 0.5) is 5.82 Å². The van der Waals surface area contributed by atoms with Gasteiger partial charge in [-0.15, -0.1) is 0 Å². The number of aromatic nitrogens is 2. The van der Waals surface area contributed by atoms with Crippen molar-refractivity contribution < 1.29 is 13.9 Å². The molecule has 1 aromatic carbocycles. The molecule has 2 aromatic heterocycles. The van der Waals surface area contributed by atoms with Crippen molar-refractivity contribution >= 4 is 22.7 Å². The van der Waals surface area contributed by atoms with Gasteiger partial charge in [-0.2, -0.15) is 4.98 Å². The molecule has 1 amide bonds. The molecule has 7 heteroatoms. The minimum atomic E-state index is -0.111. The van der Waals surface area contributed by atoms with Crippen molar-refractivity contribution in [3.05, 3.63) is 48.5 Å². The summed E-state index contributed by atoms with van der Waals surface area (Å²) in [6.07, 6.45) is 3.92. The lowest BCUT2D eigenvalue weighted by Gasteiger charge is -2.16. The molecule has 1 saturated heterocycles. The van der Waals surface area contributed by atoms with Crippen LogP contribution in [-0.4, -0.2) is 54.1 Å². The minimum Gasteiger partial charge on any atom is -0.471 e. The second kappa shape index (κ2) is 6.67. The van der Waals surface area contributed by atoms with Crippen LogP contribution in [0.5, 0.6) is 5.88 Å². The molecule has 3 aromatic rings. The fourth-order valence-electron chi connectivity index (χ4n) is 3.03. The van der Waals surface area contributed by atoms with Crippen molar-refractivity contribution in [3.63, 3.8) is 0 Å². The van der Waals surface area contributed by atoms with Gasteiger partial charge in [0, 0.05) is 32.4 Å². The van der Waals surface area contributed by atoms with Crippen molar-refractivity contribution in [2.24, 2.45) is 0 Å². The number of fused-ring (bicyclic) bond motifs is 1. The second-order valence-corrected chi connectivity index (χ2v) is 6.54. The molecule has 26 heavy (non-hydrogen) atoms. The van der Waals surface area contributed by atoms with Gasteiger partial charge >= 0.3 is 0 Å². The number of hydrogen-bond acceptors (Lipinski definition) is 6. The Hall–Kier alpha value is -3.09. The summed E-state index contributed by atoms with van der Waals surface area (Å²) in [5.74, 6) is 1.46. The van der Waals surface area contributed by atoms with E-state index in [1.165, 1.54) is 0 Å². The van der Waals surface area contributed by atoms with Crippen LogP contribution < -0.4 is 9.64 Å². The van der Waals surface area contributed by atoms with Gasteiger partial charge in [0.15, 0.2) is 11.6 Å². The topological polar surface area (TPSA) is 71.7 Å². The molecule has 0 spiro atoms. The van der Waals surface area contributed by atoms with E-state index in [1.54, 1.807) is 23.4 Å². The van der Waals surface area contributed by atoms with Crippen molar-refractivity contribution in [1.29, 1.82) is 0 Å². The van der Waals surface area contributed by atoms with E-state index in [9.17, 15) is 4.79 Å². The first-order valence-electron chi connectivity index (χ1n) is 8.54. The molecule has 134 valence electrons. The Morgan fingerprint density at radius 3 is 2.96 bits per heavy atom. The van der Waals surface area contributed by atoms with E-state index in [-0.39, 0.29) is 12.0 Å². The first-order chi connectivity index (χ1) is 12.6. The van der Waals surface area contributed by atoms with Gasteiger partial charge in [-0.3, -0.25) is 9.78 Å². The molecule has 0 radical (unpaired) electrons. The first kappa shape index (κ1) is 16.4. The quantitative estimate of drug-likeness (QED) is 0.719. The molecule has 0 N–H and O–H groups in total. The number of carbonyl (C=O) groups excluding carboxylic acids is 1. The predicted octanol–water partition coefficient (Wildman–Crippen LogP) is 2.58. The normalized spacial score (nSPS) is 16.8.